The van der Waals surface area contributed by atoms with E-state index in [4.69, 9.17) is 4.74 Å². The average molecular weight is 423 g/mol. The van der Waals surface area contributed by atoms with Crippen LogP contribution < -0.4 is 10.1 Å². The van der Waals surface area contributed by atoms with Gasteiger partial charge in [0.15, 0.2) is 0 Å². The summed E-state index contributed by atoms with van der Waals surface area (Å²) in [5, 5.41) is 6.21. The molecular weight excluding hydrogens is 396 g/mol. The Hall–Kier alpha value is -2.77. The topological polar surface area (TPSA) is 67.3 Å². The molecule has 0 atom stereocenters. The molecule has 0 bridgehead atoms. The van der Waals surface area contributed by atoms with E-state index in [1.54, 1.807) is 23.6 Å². The second-order valence-corrected chi connectivity index (χ2v) is 8.76. The summed E-state index contributed by atoms with van der Waals surface area (Å²) in [5.74, 6) is 1.34. The molecule has 1 aliphatic rings. The van der Waals surface area contributed by atoms with Gasteiger partial charge in [-0.15, -0.1) is 11.3 Å². The highest BCUT2D eigenvalue weighted by Crippen LogP contribution is 2.23. The number of piperidine rings is 1. The lowest BCUT2D eigenvalue weighted by Gasteiger charge is -2.30. The van der Waals surface area contributed by atoms with Gasteiger partial charge in [-0.25, -0.2) is 9.97 Å². The highest BCUT2D eigenvalue weighted by Gasteiger charge is 2.25. The van der Waals surface area contributed by atoms with E-state index in [1.165, 1.54) is 5.56 Å². The molecule has 1 saturated heterocycles. The van der Waals surface area contributed by atoms with Crippen LogP contribution in [-0.4, -0.2) is 33.9 Å². The van der Waals surface area contributed by atoms with Crippen LogP contribution in [0.4, 0.5) is 5.69 Å². The molecule has 0 unspecified atom stereocenters. The predicted molar refractivity (Wildman–Crippen MR) is 119 cm³/mol. The summed E-state index contributed by atoms with van der Waals surface area (Å²) < 4.78 is 5.74. The maximum atomic E-state index is 12.6. The minimum atomic E-state index is 0.0295. The maximum absolute atomic E-state index is 12.6. The third-order valence-electron chi connectivity index (χ3n) is 5.26. The van der Waals surface area contributed by atoms with Gasteiger partial charge in [0.05, 0.1) is 22.6 Å². The molecule has 1 aliphatic heterocycles. The number of thiazole rings is 1. The van der Waals surface area contributed by atoms with Crippen molar-refractivity contribution in [3.63, 3.8) is 0 Å². The van der Waals surface area contributed by atoms with Gasteiger partial charge in [-0.1, -0.05) is 17.7 Å². The highest BCUT2D eigenvalue weighted by molar-refractivity contribution is 7.09. The number of nitrogens with one attached hydrogen (secondary N) is 1. The SMILES string of the molecule is Cc1ccc(Oc2ccc(NC(=O)C3CCN(Cc4csc(C)n4)CC3)cn2)cc1. The number of aromatic nitrogens is 2. The maximum Gasteiger partial charge on any atom is 0.227 e. The first-order valence-corrected chi connectivity index (χ1v) is 11.1. The number of carbonyl (C=O) groups is 1. The van der Waals surface area contributed by atoms with Gasteiger partial charge < -0.3 is 10.1 Å². The Bertz CT molecular complexity index is 977. The number of benzene rings is 1. The van der Waals surface area contributed by atoms with Crippen LogP contribution in [0.3, 0.4) is 0 Å². The molecule has 3 heterocycles. The molecule has 2 aromatic heterocycles. The fourth-order valence-corrected chi connectivity index (χ4v) is 4.15. The monoisotopic (exact) mass is 422 g/mol. The number of hydrogen-bond acceptors (Lipinski definition) is 6. The van der Waals surface area contributed by atoms with Gasteiger partial charge >= 0.3 is 0 Å². The molecule has 1 fully saturated rings. The Labute approximate surface area is 180 Å². The number of pyridine rings is 1. The summed E-state index contributed by atoms with van der Waals surface area (Å²) >= 11 is 1.68. The van der Waals surface area contributed by atoms with Gasteiger partial charge in [-0.3, -0.25) is 9.69 Å². The normalized spacial score (nSPS) is 15.1. The second-order valence-electron chi connectivity index (χ2n) is 7.70. The van der Waals surface area contributed by atoms with Crippen LogP contribution in [0.1, 0.15) is 29.1 Å². The number of carbonyl (C=O) groups excluding carboxylic acids is 1. The molecule has 156 valence electrons. The lowest BCUT2D eigenvalue weighted by molar-refractivity contribution is -0.121. The zero-order chi connectivity index (χ0) is 20.9. The molecule has 6 nitrogen and oxygen atoms in total. The van der Waals surface area contributed by atoms with Crippen LogP contribution in [-0.2, 0) is 11.3 Å². The summed E-state index contributed by atoms with van der Waals surface area (Å²) in [6.45, 7) is 6.75. The van der Waals surface area contributed by atoms with Crippen molar-refractivity contribution < 1.29 is 9.53 Å². The van der Waals surface area contributed by atoms with Crippen molar-refractivity contribution in [2.45, 2.75) is 33.2 Å². The lowest BCUT2D eigenvalue weighted by atomic mass is 9.96. The minimum Gasteiger partial charge on any atom is -0.439 e. The number of nitrogens with zero attached hydrogens (tertiary/aromatic N) is 3. The molecule has 3 aromatic rings. The first-order chi connectivity index (χ1) is 14.5. The zero-order valence-electron chi connectivity index (χ0n) is 17.3. The number of anilines is 1. The van der Waals surface area contributed by atoms with E-state index in [2.05, 4.69) is 25.6 Å². The molecule has 4 rings (SSSR count). The first-order valence-electron chi connectivity index (χ1n) is 10.2. The molecule has 1 N–H and O–H groups in total. The van der Waals surface area contributed by atoms with Crippen LogP contribution in [0.2, 0.25) is 0 Å². The molecular formula is C23H26N4O2S. The largest absolute Gasteiger partial charge is 0.439 e. The average Bonchev–Trinajstić information content (AvgIpc) is 3.16. The third-order valence-corrected chi connectivity index (χ3v) is 6.08. The van der Waals surface area contributed by atoms with Crippen molar-refractivity contribution in [3.8, 4) is 11.6 Å². The quantitative estimate of drug-likeness (QED) is 0.618. The smallest absolute Gasteiger partial charge is 0.227 e. The number of hydrogen-bond donors (Lipinski definition) is 1. The summed E-state index contributed by atoms with van der Waals surface area (Å²) in [4.78, 5) is 23.9. The fraction of sp³-hybridized carbons (Fsp3) is 0.348. The number of aryl methyl sites for hydroxylation is 2. The Morgan fingerprint density at radius 1 is 1.17 bits per heavy atom. The van der Waals surface area contributed by atoms with E-state index in [1.807, 2.05) is 44.2 Å². The van der Waals surface area contributed by atoms with Crippen molar-refractivity contribution in [2.24, 2.45) is 5.92 Å². The van der Waals surface area contributed by atoms with Gasteiger partial charge in [-0.05, 0) is 58.0 Å². The number of amides is 1. The van der Waals surface area contributed by atoms with Crippen molar-refractivity contribution in [1.82, 2.24) is 14.9 Å². The van der Waals surface area contributed by atoms with Crippen LogP contribution in [0, 0.1) is 19.8 Å². The third kappa shape index (κ3) is 5.43. The second kappa shape index (κ2) is 9.36. The molecule has 30 heavy (non-hydrogen) atoms. The molecule has 0 aliphatic carbocycles. The first kappa shape index (κ1) is 20.5. The van der Waals surface area contributed by atoms with Crippen molar-refractivity contribution in [2.75, 3.05) is 18.4 Å². The van der Waals surface area contributed by atoms with Gasteiger partial charge in [0, 0.05) is 23.9 Å². The van der Waals surface area contributed by atoms with Gasteiger partial charge in [0.2, 0.25) is 11.8 Å². The van der Waals surface area contributed by atoms with Crippen LogP contribution in [0.5, 0.6) is 11.6 Å². The van der Waals surface area contributed by atoms with E-state index in [0.29, 0.717) is 11.6 Å². The van der Waals surface area contributed by atoms with Gasteiger partial charge in [0.25, 0.3) is 0 Å². The van der Waals surface area contributed by atoms with E-state index in [0.717, 1.165) is 48.9 Å². The van der Waals surface area contributed by atoms with E-state index >= 15 is 0 Å². The summed E-state index contributed by atoms with van der Waals surface area (Å²) in [7, 11) is 0. The Morgan fingerprint density at radius 3 is 2.57 bits per heavy atom. The zero-order valence-corrected chi connectivity index (χ0v) is 18.1. The summed E-state index contributed by atoms with van der Waals surface area (Å²) in [6.07, 6.45) is 3.36. The summed E-state index contributed by atoms with van der Waals surface area (Å²) in [6, 6.07) is 11.4. The molecule has 7 heteroatoms. The number of likely N-dealkylation sites (tertiary alicyclic amines) is 1. The Kier molecular flexibility index (Phi) is 6.40. The lowest BCUT2D eigenvalue weighted by Crippen LogP contribution is -2.37. The molecule has 1 amide bonds. The Balaban J connectivity index is 1.25. The van der Waals surface area contributed by atoms with E-state index < -0.39 is 0 Å². The number of ether oxygens (including phenoxy) is 1. The van der Waals surface area contributed by atoms with E-state index in [9.17, 15) is 4.79 Å². The molecule has 1 aromatic carbocycles. The van der Waals surface area contributed by atoms with Crippen LogP contribution in [0.15, 0.2) is 48.0 Å². The van der Waals surface area contributed by atoms with Crippen LogP contribution in [0.25, 0.3) is 0 Å². The predicted octanol–water partition coefficient (Wildman–Crippen LogP) is 4.80. The van der Waals surface area contributed by atoms with Crippen molar-refractivity contribution >= 4 is 22.9 Å². The van der Waals surface area contributed by atoms with Gasteiger partial charge in [0.1, 0.15) is 5.75 Å². The molecule has 0 saturated carbocycles. The van der Waals surface area contributed by atoms with Crippen LogP contribution >= 0.6 is 11.3 Å². The highest BCUT2D eigenvalue weighted by atomic mass is 32.1. The molecule has 0 radical (unpaired) electrons. The van der Waals surface area contributed by atoms with Gasteiger partial charge in [-0.2, -0.15) is 0 Å². The number of rotatable bonds is 6. The van der Waals surface area contributed by atoms with E-state index in [-0.39, 0.29) is 11.8 Å². The summed E-state index contributed by atoms with van der Waals surface area (Å²) in [5.41, 5.74) is 2.99. The fourth-order valence-electron chi connectivity index (χ4n) is 3.55. The minimum absolute atomic E-state index is 0.0295. The Morgan fingerprint density at radius 2 is 1.93 bits per heavy atom. The van der Waals surface area contributed by atoms with Crippen molar-refractivity contribution in [3.05, 3.63) is 64.2 Å². The molecule has 0 spiro atoms. The standard InChI is InChI=1S/C23H26N4O2S/c1-16-3-6-21(7-4-16)29-22-8-5-19(13-24-22)26-23(28)18-9-11-27(12-10-18)14-20-15-30-17(2)25-20/h3-8,13,15,18H,9-12,14H2,1-2H3,(H,26,28). The van der Waals surface area contributed by atoms with Crippen molar-refractivity contribution in [1.29, 1.82) is 0 Å².